The second kappa shape index (κ2) is 6.05. The summed E-state index contributed by atoms with van der Waals surface area (Å²) in [5.41, 5.74) is 1.98. The molecule has 0 radical (unpaired) electrons. The molecule has 1 rings (SSSR count). The number of carbonyl (C=O) groups excluding carboxylic acids is 2. The fraction of sp³-hybridized carbons (Fsp3) is 0.385. The lowest BCUT2D eigenvalue weighted by Gasteiger charge is -2.20. The molecule has 1 amide bonds. The van der Waals surface area contributed by atoms with Crippen LogP contribution >= 0.6 is 0 Å². The van der Waals surface area contributed by atoms with Gasteiger partial charge in [0.05, 0.1) is 0 Å². The van der Waals surface area contributed by atoms with Gasteiger partial charge in [0.2, 0.25) is 6.41 Å². The monoisotopic (exact) mass is 219 g/mol. The van der Waals surface area contributed by atoms with Crippen LogP contribution in [0.25, 0.3) is 0 Å². The van der Waals surface area contributed by atoms with Gasteiger partial charge in [-0.1, -0.05) is 24.6 Å². The third-order valence-corrected chi connectivity index (χ3v) is 2.64. The van der Waals surface area contributed by atoms with Crippen molar-refractivity contribution >= 4 is 18.4 Å². The molecule has 1 unspecified atom stereocenters. The zero-order chi connectivity index (χ0) is 12.0. The summed E-state index contributed by atoms with van der Waals surface area (Å²) in [7, 11) is 0. The molecule has 0 spiro atoms. The molecule has 16 heavy (non-hydrogen) atoms. The Morgan fingerprint density at radius 1 is 1.25 bits per heavy atom. The lowest BCUT2D eigenvalue weighted by atomic mass is 10.1. The van der Waals surface area contributed by atoms with E-state index in [0.717, 1.165) is 30.4 Å². The second-order valence-electron chi connectivity index (χ2n) is 3.90. The Kier molecular flexibility index (Phi) is 4.70. The number of benzene rings is 1. The molecule has 0 saturated heterocycles. The van der Waals surface area contributed by atoms with Crippen LogP contribution < -0.4 is 4.90 Å². The first-order valence-electron chi connectivity index (χ1n) is 5.45. The molecule has 1 atom stereocenters. The van der Waals surface area contributed by atoms with Crippen molar-refractivity contribution in [1.82, 2.24) is 0 Å². The average Bonchev–Trinajstić information content (AvgIpc) is 2.32. The van der Waals surface area contributed by atoms with E-state index in [-0.39, 0.29) is 5.92 Å². The van der Waals surface area contributed by atoms with Crippen LogP contribution in [-0.2, 0) is 9.59 Å². The van der Waals surface area contributed by atoms with Crippen LogP contribution in [0.4, 0.5) is 5.69 Å². The van der Waals surface area contributed by atoms with E-state index in [9.17, 15) is 9.59 Å². The van der Waals surface area contributed by atoms with E-state index in [0.29, 0.717) is 6.54 Å². The Hall–Kier alpha value is -1.64. The smallest absolute Gasteiger partial charge is 0.214 e. The third-order valence-electron chi connectivity index (χ3n) is 2.64. The molecule has 0 heterocycles. The molecule has 3 nitrogen and oxygen atoms in total. The Labute approximate surface area is 96.1 Å². The zero-order valence-electron chi connectivity index (χ0n) is 9.72. The molecule has 86 valence electrons. The van der Waals surface area contributed by atoms with Gasteiger partial charge in [-0.05, 0) is 25.5 Å². The SMILES string of the molecule is CCC(C=O)CN(C=O)c1ccc(C)cc1. The van der Waals surface area contributed by atoms with Crippen molar-refractivity contribution in [2.45, 2.75) is 20.3 Å². The Bertz CT molecular complexity index is 345. The first kappa shape index (κ1) is 12.4. The summed E-state index contributed by atoms with van der Waals surface area (Å²) >= 11 is 0. The topological polar surface area (TPSA) is 37.4 Å². The largest absolute Gasteiger partial charge is 0.314 e. The van der Waals surface area contributed by atoms with Gasteiger partial charge in [0, 0.05) is 18.2 Å². The van der Waals surface area contributed by atoms with E-state index in [2.05, 4.69) is 0 Å². The van der Waals surface area contributed by atoms with Crippen LogP contribution in [0.3, 0.4) is 0 Å². The minimum atomic E-state index is -0.0912. The summed E-state index contributed by atoms with van der Waals surface area (Å²) < 4.78 is 0. The molecule has 0 saturated carbocycles. The van der Waals surface area contributed by atoms with Crippen LogP contribution in [-0.4, -0.2) is 19.2 Å². The third kappa shape index (κ3) is 3.19. The second-order valence-corrected chi connectivity index (χ2v) is 3.90. The van der Waals surface area contributed by atoms with Gasteiger partial charge in [-0.15, -0.1) is 0 Å². The van der Waals surface area contributed by atoms with E-state index in [1.165, 1.54) is 0 Å². The van der Waals surface area contributed by atoms with Gasteiger partial charge >= 0.3 is 0 Å². The summed E-state index contributed by atoms with van der Waals surface area (Å²) in [5.74, 6) is -0.0912. The maximum Gasteiger partial charge on any atom is 0.214 e. The molecule has 3 heteroatoms. The summed E-state index contributed by atoms with van der Waals surface area (Å²) in [6, 6.07) is 7.68. The molecule has 0 aliphatic rings. The first-order valence-corrected chi connectivity index (χ1v) is 5.45. The predicted molar refractivity (Wildman–Crippen MR) is 64.4 cm³/mol. The van der Waals surface area contributed by atoms with Gasteiger partial charge in [0.15, 0.2) is 0 Å². The van der Waals surface area contributed by atoms with E-state index in [1.807, 2.05) is 38.1 Å². The molecule has 0 aliphatic carbocycles. The normalized spacial score (nSPS) is 11.9. The maximum absolute atomic E-state index is 11.0. The van der Waals surface area contributed by atoms with E-state index < -0.39 is 0 Å². The average molecular weight is 219 g/mol. The van der Waals surface area contributed by atoms with Crippen molar-refractivity contribution in [1.29, 1.82) is 0 Å². The summed E-state index contributed by atoms with van der Waals surface area (Å²) in [6.45, 7) is 4.39. The Morgan fingerprint density at radius 2 is 1.88 bits per heavy atom. The summed E-state index contributed by atoms with van der Waals surface area (Å²) in [4.78, 5) is 23.3. The van der Waals surface area contributed by atoms with Crippen molar-refractivity contribution in [2.24, 2.45) is 5.92 Å². The van der Waals surface area contributed by atoms with Crippen LogP contribution in [0.1, 0.15) is 18.9 Å². The minimum absolute atomic E-state index is 0.0912. The number of aryl methyl sites for hydroxylation is 1. The highest BCUT2D eigenvalue weighted by atomic mass is 16.1. The molecule has 0 N–H and O–H groups in total. The Morgan fingerprint density at radius 3 is 2.31 bits per heavy atom. The standard InChI is InChI=1S/C13H17NO2/c1-3-12(9-15)8-14(10-16)13-6-4-11(2)5-7-13/h4-7,9-10,12H,3,8H2,1-2H3. The molecule has 1 aromatic rings. The lowest BCUT2D eigenvalue weighted by molar-refractivity contribution is -0.111. The number of carbonyl (C=O) groups is 2. The van der Waals surface area contributed by atoms with Gasteiger partial charge in [-0.2, -0.15) is 0 Å². The minimum Gasteiger partial charge on any atom is -0.314 e. The zero-order valence-corrected chi connectivity index (χ0v) is 9.72. The number of amides is 1. The molecule has 0 aromatic heterocycles. The van der Waals surface area contributed by atoms with Gasteiger partial charge in [-0.25, -0.2) is 0 Å². The lowest BCUT2D eigenvalue weighted by Crippen LogP contribution is -2.28. The molecule has 0 fully saturated rings. The van der Waals surface area contributed by atoms with Crippen molar-refractivity contribution in [3.05, 3.63) is 29.8 Å². The van der Waals surface area contributed by atoms with Crippen LogP contribution in [0, 0.1) is 12.8 Å². The quantitative estimate of drug-likeness (QED) is 0.688. The van der Waals surface area contributed by atoms with Crippen molar-refractivity contribution < 1.29 is 9.59 Å². The van der Waals surface area contributed by atoms with Gasteiger partial charge in [-0.3, -0.25) is 4.79 Å². The number of hydrogen-bond acceptors (Lipinski definition) is 2. The number of hydrogen-bond donors (Lipinski definition) is 0. The predicted octanol–water partition coefficient (Wildman–Crippen LogP) is 2.18. The van der Waals surface area contributed by atoms with Crippen LogP contribution in [0.5, 0.6) is 0 Å². The van der Waals surface area contributed by atoms with Gasteiger partial charge < -0.3 is 9.69 Å². The Balaban J connectivity index is 2.77. The highest BCUT2D eigenvalue weighted by Gasteiger charge is 2.11. The van der Waals surface area contributed by atoms with Crippen LogP contribution in [0.2, 0.25) is 0 Å². The number of nitrogens with zero attached hydrogens (tertiary/aromatic N) is 1. The highest BCUT2D eigenvalue weighted by Crippen LogP contribution is 2.15. The molecule has 0 aliphatic heterocycles. The maximum atomic E-state index is 11.0. The summed E-state index contributed by atoms with van der Waals surface area (Å²) in [5, 5.41) is 0. The van der Waals surface area contributed by atoms with Gasteiger partial charge in [0.1, 0.15) is 6.29 Å². The first-order chi connectivity index (χ1) is 7.71. The van der Waals surface area contributed by atoms with E-state index in [4.69, 9.17) is 0 Å². The fourth-order valence-corrected chi connectivity index (χ4v) is 1.47. The van der Waals surface area contributed by atoms with Crippen molar-refractivity contribution in [3.8, 4) is 0 Å². The molecular weight excluding hydrogens is 202 g/mol. The molecular formula is C13H17NO2. The van der Waals surface area contributed by atoms with Gasteiger partial charge in [0.25, 0.3) is 0 Å². The number of aldehydes is 1. The number of anilines is 1. The molecule has 1 aromatic carbocycles. The van der Waals surface area contributed by atoms with E-state index in [1.54, 1.807) is 4.90 Å². The highest BCUT2D eigenvalue weighted by molar-refractivity contribution is 5.76. The fourth-order valence-electron chi connectivity index (χ4n) is 1.47. The molecule has 0 bridgehead atoms. The van der Waals surface area contributed by atoms with E-state index >= 15 is 0 Å². The van der Waals surface area contributed by atoms with Crippen molar-refractivity contribution in [3.63, 3.8) is 0 Å². The summed E-state index contributed by atoms with van der Waals surface area (Å²) in [6.07, 6.45) is 2.43. The number of rotatable bonds is 6. The van der Waals surface area contributed by atoms with Crippen LogP contribution in [0.15, 0.2) is 24.3 Å². The van der Waals surface area contributed by atoms with Crippen molar-refractivity contribution in [2.75, 3.05) is 11.4 Å².